The normalized spacial score (nSPS) is 12.4. The summed E-state index contributed by atoms with van der Waals surface area (Å²) in [6.45, 7) is 26.9. The third-order valence-corrected chi connectivity index (χ3v) is 8.23. The van der Waals surface area contributed by atoms with Gasteiger partial charge in [0, 0.05) is 45.1 Å². The van der Waals surface area contributed by atoms with Crippen molar-refractivity contribution in [1.82, 2.24) is 0 Å². The largest absolute Gasteiger partial charge is 3.00 e. The van der Waals surface area contributed by atoms with Crippen molar-refractivity contribution >= 4 is 44.6 Å². The summed E-state index contributed by atoms with van der Waals surface area (Å²) < 4.78 is 17.9. The second-order valence-electron chi connectivity index (χ2n) is 13.8. The molecule has 2 aromatic carbocycles. The number of hydrogen-bond acceptors (Lipinski definition) is 3. The molecule has 0 aromatic heterocycles. The molecular formula is C29H53Cl2N4O2Si4Zr. The van der Waals surface area contributed by atoms with Gasteiger partial charge < -0.3 is 53.2 Å². The zero-order valence-electron chi connectivity index (χ0n) is 28.5. The zero-order chi connectivity index (χ0) is 30.2. The van der Waals surface area contributed by atoms with Crippen LogP contribution in [0, 0.1) is 0 Å². The molecule has 0 fully saturated rings. The van der Waals surface area contributed by atoms with Crippen molar-refractivity contribution in [3.05, 3.63) is 69.6 Å². The van der Waals surface area contributed by atoms with Crippen LogP contribution in [0.15, 0.2) is 57.8 Å². The van der Waals surface area contributed by atoms with Crippen molar-refractivity contribution in [2.75, 3.05) is 21.3 Å². The van der Waals surface area contributed by atoms with E-state index in [0.717, 1.165) is 34.3 Å². The van der Waals surface area contributed by atoms with Crippen LogP contribution in [0.4, 0.5) is 0 Å². The number of hydrogen-bond donors (Lipinski definition) is 0. The average Bonchev–Trinajstić information content (AvgIpc) is 2.75. The molecule has 0 unspecified atom stereocenters. The maximum atomic E-state index is 5.20. The fraction of sp³-hybridized carbons (Fsp3) is 0.517. The summed E-state index contributed by atoms with van der Waals surface area (Å²) in [5.41, 5.74) is 2.21. The van der Waals surface area contributed by atoms with Crippen LogP contribution in [-0.2, 0) is 30.6 Å². The van der Waals surface area contributed by atoms with E-state index >= 15 is 0 Å². The van der Waals surface area contributed by atoms with E-state index in [1.165, 1.54) is 0 Å². The Labute approximate surface area is 293 Å². The van der Waals surface area contributed by atoms with Crippen LogP contribution < -0.4 is 29.6 Å². The number of methoxy groups -OCH3 is 1. The fourth-order valence-electron chi connectivity index (χ4n) is 3.20. The Hall–Kier alpha value is -0.689. The monoisotopic (exact) mass is 761 g/mol. The van der Waals surface area contributed by atoms with Gasteiger partial charge in [-0.1, -0.05) is 102 Å². The first-order valence-electron chi connectivity index (χ1n) is 13.6. The summed E-state index contributed by atoms with van der Waals surface area (Å²) in [4.78, 5) is 9.84. The molecule has 0 saturated heterocycles. The standard InChI is InChI=1S/C15H28N2OSi2.C14H25N2OSi2.2ClH.Zr/c1-18(2)14-11-9-13(10-12-14)15(16-19(3,4)5)17-20(6,7)8;1-17-13-10-8-12(9-11-13)14(15-18(2,3)4)16-19(5,6)7;;;/h9-12H,1-8H3;8-11H,1-7H3;2*1H;/q;-1;;;+3/p-2. The number of amidine groups is 2. The van der Waals surface area contributed by atoms with Gasteiger partial charge in [-0.05, 0) is 35.4 Å². The molecule has 0 amide bonds. The van der Waals surface area contributed by atoms with E-state index in [1.54, 1.807) is 7.11 Å². The Morgan fingerprint density at radius 1 is 0.595 bits per heavy atom. The molecule has 0 aliphatic heterocycles. The van der Waals surface area contributed by atoms with Crippen molar-refractivity contribution in [3.63, 3.8) is 0 Å². The predicted octanol–water partition coefficient (Wildman–Crippen LogP) is 3.49. The van der Waals surface area contributed by atoms with Crippen LogP contribution in [0.25, 0.3) is 9.96 Å². The summed E-state index contributed by atoms with van der Waals surface area (Å²) in [5, 5.41) is 0. The van der Waals surface area contributed by atoms with Crippen molar-refractivity contribution < 1.29 is 60.1 Å². The third kappa shape index (κ3) is 20.3. The summed E-state index contributed by atoms with van der Waals surface area (Å²) in [7, 11) is -0.533. The van der Waals surface area contributed by atoms with Crippen LogP contribution in [-0.4, -0.2) is 65.9 Å². The van der Waals surface area contributed by atoms with Gasteiger partial charge in [-0.15, -0.1) is 0 Å². The van der Waals surface area contributed by atoms with Crippen molar-refractivity contribution in [2.45, 2.75) is 78.6 Å². The van der Waals surface area contributed by atoms with Gasteiger partial charge in [0.2, 0.25) is 0 Å². The number of ether oxygens (including phenoxy) is 1. The first kappa shape index (κ1) is 45.7. The van der Waals surface area contributed by atoms with Crippen LogP contribution in [0.5, 0.6) is 11.5 Å². The summed E-state index contributed by atoms with van der Waals surface area (Å²) in [5.74, 6) is 3.85. The molecule has 6 nitrogen and oxygen atoms in total. The van der Waals surface area contributed by atoms with Gasteiger partial charge in [-0.25, -0.2) is 0 Å². The van der Waals surface area contributed by atoms with Gasteiger partial charge in [0.05, 0.1) is 7.11 Å². The van der Waals surface area contributed by atoms with Gasteiger partial charge in [0.25, 0.3) is 5.75 Å². The first-order valence-corrected chi connectivity index (χ1v) is 27.4. The van der Waals surface area contributed by atoms with Gasteiger partial charge in [-0.3, -0.25) is 0 Å². The second kappa shape index (κ2) is 19.0. The molecule has 2 rings (SSSR count). The smallest absolute Gasteiger partial charge is 1.00 e. The Balaban J connectivity index is -0.000000677. The molecule has 13 heteroatoms. The van der Waals surface area contributed by atoms with Crippen LogP contribution >= 0.6 is 0 Å². The van der Waals surface area contributed by atoms with Gasteiger partial charge in [0.1, 0.15) is 5.75 Å². The number of benzene rings is 2. The predicted molar refractivity (Wildman–Crippen MR) is 185 cm³/mol. The van der Waals surface area contributed by atoms with Crippen LogP contribution in [0.1, 0.15) is 11.1 Å². The Bertz CT molecular complexity index is 1110. The maximum Gasteiger partial charge on any atom is 3.00 e. The van der Waals surface area contributed by atoms with Gasteiger partial charge >= 0.3 is 26.2 Å². The Kier molecular flexibility index (Phi) is 20.7. The molecule has 235 valence electrons. The van der Waals surface area contributed by atoms with E-state index in [0.29, 0.717) is 0 Å². The molecule has 0 spiro atoms. The minimum atomic E-state index is -1.54. The van der Waals surface area contributed by atoms with Crippen molar-refractivity contribution in [2.24, 2.45) is 9.32 Å². The van der Waals surface area contributed by atoms with Gasteiger partial charge in [-0.2, -0.15) is 0 Å². The number of rotatable bonds is 8. The average molecular weight is 764 g/mol. The molecular weight excluding hydrogens is 711 g/mol. The Morgan fingerprint density at radius 2 is 0.905 bits per heavy atom. The minimum absolute atomic E-state index is 0. The zero-order valence-corrected chi connectivity index (χ0v) is 36.4. The second-order valence-corrected chi connectivity index (χ2v) is 32.1. The van der Waals surface area contributed by atoms with E-state index in [9.17, 15) is 0 Å². The molecule has 0 aliphatic rings. The van der Waals surface area contributed by atoms with Crippen LogP contribution in [0.2, 0.25) is 78.6 Å². The molecule has 0 saturated carbocycles. The maximum absolute atomic E-state index is 5.20. The molecule has 0 N–H and O–H groups in total. The van der Waals surface area contributed by atoms with E-state index < -0.39 is 32.9 Å². The molecule has 1 radical (unpaired) electrons. The molecule has 42 heavy (non-hydrogen) atoms. The third-order valence-electron chi connectivity index (χ3n) is 4.70. The fourth-order valence-corrected chi connectivity index (χ4v) is 6.65. The molecule has 0 aliphatic carbocycles. The van der Waals surface area contributed by atoms with E-state index in [1.807, 2.05) is 38.5 Å². The quantitative estimate of drug-likeness (QED) is 0.176. The van der Waals surface area contributed by atoms with Gasteiger partial charge in [0.15, 0.2) is 14.2 Å². The minimum Gasteiger partial charge on any atom is -1.00 e. The number of halogens is 2. The van der Waals surface area contributed by atoms with E-state index in [2.05, 4.69) is 107 Å². The molecule has 0 heterocycles. The van der Waals surface area contributed by atoms with E-state index in [-0.39, 0.29) is 51.0 Å². The summed E-state index contributed by atoms with van der Waals surface area (Å²) in [6.07, 6.45) is 0. The van der Waals surface area contributed by atoms with Crippen molar-refractivity contribution in [3.8, 4) is 11.5 Å². The van der Waals surface area contributed by atoms with Crippen molar-refractivity contribution in [1.29, 1.82) is 0 Å². The first-order chi connectivity index (χ1) is 17.6. The van der Waals surface area contributed by atoms with Crippen LogP contribution in [0.3, 0.4) is 0 Å². The molecule has 0 atom stereocenters. The number of nitrogens with zero attached hydrogens (tertiary/aromatic N) is 4. The topological polar surface area (TPSA) is 64.8 Å². The van der Waals surface area contributed by atoms with E-state index in [4.69, 9.17) is 24.0 Å². The molecule has 0 bridgehead atoms. The summed E-state index contributed by atoms with van der Waals surface area (Å²) >= 11 is 0. The summed E-state index contributed by atoms with van der Waals surface area (Å²) in [6, 6.07) is 16.4. The molecule has 2 aromatic rings. The SMILES string of the molecule is COc1ccc(/C(=N\[Si](C)(C)C)[N-][Si](C)(C)C)cc1.C[O+](C)c1ccc(/C(=N\[Si](C)(C)C)[N-][Si](C)(C)C)cc1.[Cl-].[Cl-].[Zr+3]. The Morgan fingerprint density at radius 3 is 1.14 bits per heavy atom.